The van der Waals surface area contributed by atoms with Gasteiger partial charge >= 0.3 is 5.97 Å². The molecule has 0 saturated heterocycles. The van der Waals surface area contributed by atoms with Gasteiger partial charge in [0, 0.05) is 17.8 Å². The van der Waals surface area contributed by atoms with Crippen LogP contribution in [-0.4, -0.2) is 42.0 Å². The number of aromatic nitrogens is 1. The zero-order valence-electron chi connectivity index (χ0n) is 11.3. The van der Waals surface area contributed by atoms with E-state index in [1.165, 1.54) is 18.1 Å². The Labute approximate surface area is 117 Å². The van der Waals surface area contributed by atoms with Gasteiger partial charge in [-0.05, 0) is 25.5 Å². The lowest BCUT2D eigenvalue weighted by molar-refractivity contribution is -0.141. The van der Waals surface area contributed by atoms with Crippen LogP contribution in [0.4, 0.5) is 0 Å². The summed E-state index contributed by atoms with van der Waals surface area (Å²) in [6.07, 6.45) is 0.684. The molecule has 104 valence electrons. The lowest BCUT2D eigenvalue weighted by Gasteiger charge is -2.19. The van der Waals surface area contributed by atoms with Crippen LogP contribution in [0.1, 0.15) is 29.9 Å². The van der Waals surface area contributed by atoms with E-state index in [4.69, 9.17) is 11.6 Å². The Morgan fingerprint density at radius 1 is 1.37 bits per heavy atom. The molecule has 0 spiro atoms. The summed E-state index contributed by atoms with van der Waals surface area (Å²) in [6, 6.07) is 3.19. The first kappa shape index (κ1) is 15.4. The maximum Gasteiger partial charge on any atom is 0.325 e. The summed E-state index contributed by atoms with van der Waals surface area (Å²) < 4.78 is 4.57. The number of carbonyl (C=O) groups excluding carboxylic acids is 2. The fourth-order valence-corrected chi connectivity index (χ4v) is 1.81. The summed E-state index contributed by atoms with van der Waals surface area (Å²) in [5.41, 5.74) is 1.17. The van der Waals surface area contributed by atoms with Gasteiger partial charge in [0.1, 0.15) is 11.7 Å². The Bertz CT molecular complexity index is 477. The fraction of sp³-hybridized carbons (Fsp3) is 0.462. The van der Waals surface area contributed by atoms with Crippen LogP contribution in [0.15, 0.2) is 12.1 Å². The minimum Gasteiger partial charge on any atom is -0.468 e. The van der Waals surface area contributed by atoms with Gasteiger partial charge in [-0.1, -0.05) is 18.5 Å². The molecule has 0 aliphatic carbocycles. The Morgan fingerprint density at radius 3 is 2.58 bits per heavy atom. The summed E-state index contributed by atoms with van der Waals surface area (Å²) in [5.74, 6) is -0.710. The molecule has 1 heterocycles. The highest BCUT2D eigenvalue weighted by Crippen LogP contribution is 2.13. The van der Waals surface area contributed by atoms with E-state index in [0.29, 0.717) is 18.5 Å². The number of halogens is 1. The van der Waals surface area contributed by atoms with Gasteiger partial charge in [0.05, 0.1) is 7.11 Å². The number of amides is 1. The maximum absolute atomic E-state index is 12.3. The van der Waals surface area contributed by atoms with Gasteiger partial charge in [-0.3, -0.25) is 9.59 Å². The zero-order chi connectivity index (χ0) is 14.4. The van der Waals surface area contributed by atoms with Crippen molar-refractivity contribution in [1.82, 2.24) is 9.88 Å². The standard InChI is InChI=1S/C13H17ClN2O3/c1-4-10-6-9(7-11(14)15-10)13(18)16(5-2)8-12(17)19-3/h6-7H,4-5,8H2,1-3H3. The second-order valence-corrected chi connectivity index (χ2v) is 4.31. The molecule has 6 heteroatoms. The number of esters is 1. The number of rotatable bonds is 5. The molecule has 1 rings (SSSR count). The summed E-state index contributed by atoms with van der Waals surface area (Å²) in [6.45, 7) is 4.06. The fourth-order valence-electron chi connectivity index (χ4n) is 1.59. The topological polar surface area (TPSA) is 59.5 Å². The van der Waals surface area contributed by atoms with Crippen LogP contribution in [0, 0.1) is 0 Å². The zero-order valence-corrected chi connectivity index (χ0v) is 12.0. The third-order valence-corrected chi connectivity index (χ3v) is 2.87. The maximum atomic E-state index is 12.3. The largest absolute Gasteiger partial charge is 0.468 e. The van der Waals surface area contributed by atoms with E-state index in [2.05, 4.69) is 9.72 Å². The van der Waals surface area contributed by atoms with Crippen LogP contribution < -0.4 is 0 Å². The SMILES string of the molecule is CCc1cc(C(=O)N(CC)CC(=O)OC)cc(Cl)n1. The van der Waals surface area contributed by atoms with Crippen molar-refractivity contribution in [3.8, 4) is 0 Å². The van der Waals surface area contributed by atoms with Gasteiger partial charge in [-0.15, -0.1) is 0 Å². The van der Waals surface area contributed by atoms with Crippen molar-refractivity contribution in [1.29, 1.82) is 0 Å². The highest BCUT2D eigenvalue weighted by molar-refractivity contribution is 6.29. The van der Waals surface area contributed by atoms with Crippen molar-refractivity contribution >= 4 is 23.5 Å². The molecule has 1 aromatic rings. The molecule has 0 bridgehead atoms. The van der Waals surface area contributed by atoms with E-state index in [1.807, 2.05) is 6.92 Å². The molecule has 5 nitrogen and oxygen atoms in total. The molecule has 0 radical (unpaired) electrons. The molecular formula is C13H17ClN2O3. The predicted molar refractivity (Wildman–Crippen MR) is 72.2 cm³/mol. The summed E-state index contributed by atoms with van der Waals surface area (Å²) in [4.78, 5) is 29.0. The number of aryl methyl sites for hydroxylation is 1. The number of likely N-dealkylation sites (N-methyl/N-ethyl adjacent to an activating group) is 1. The van der Waals surface area contributed by atoms with Gasteiger partial charge in [-0.2, -0.15) is 0 Å². The molecule has 1 amide bonds. The number of pyridine rings is 1. The molecule has 0 N–H and O–H groups in total. The van der Waals surface area contributed by atoms with E-state index >= 15 is 0 Å². The van der Waals surface area contributed by atoms with Gasteiger partial charge in [-0.25, -0.2) is 4.98 Å². The Balaban J connectivity index is 2.96. The second kappa shape index (κ2) is 7.09. The lowest BCUT2D eigenvalue weighted by Crippen LogP contribution is -2.36. The number of hydrogen-bond donors (Lipinski definition) is 0. The van der Waals surface area contributed by atoms with E-state index in [9.17, 15) is 9.59 Å². The number of hydrogen-bond acceptors (Lipinski definition) is 4. The van der Waals surface area contributed by atoms with E-state index in [0.717, 1.165) is 5.69 Å². The predicted octanol–water partition coefficient (Wildman–Crippen LogP) is 1.93. The number of nitrogens with zero attached hydrogens (tertiary/aromatic N) is 2. The number of methoxy groups -OCH3 is 1. The molecule has 0 saturated carbocycles. The van der Waals surface area contributed by atoms with Gasteiger partial charge in [0.15, 0.2) is 0 Å². The molecule has 0 unspecified atom stereocenters. The first-order valence-corrected chi connectivity index (χ1v) is 6.42. The van der Waals surface area contributed by atoms with E-state index in [1.54, 1.807) is 13.0 Å². The Morgan fingerprint density at radius 2 is 2.05 bits per heavy atom. The molecule has 0 atom stereocenters. The van der Waals surface area contributed by atoms with E-state index < -0.39 is 5.97 Å². The monoisotopic (exact) mass is 284 g/mol. The van der Waals surface area contributed by atoms with Crippen LogP contribution in [-0.2, 0) is 16.0 Å². The molecule has 19 heavy (non-hydrogen) atoms. The minimum absolute atomic E-state index is 0.0762. The molecule has 0 aliphatic heterocycles. The highest BCUT2D eigenvalue weighted by atomic mass is 35.5. The van der Waals surface area contributed by atoms with Crippen molar-refractivity contribution < 1.29 is 14.3 Å². The molecule has 0 aromatic carbocycles. The van der Waals surface area contributed by atoms with Crippen LogP contribution in [0.25, 0.3) is 0 Å². The third-order valence-electron chi connectivity index (χ3n) is 2.67. The molecule has 1 aromatic heterocycles. The van der Waals surface area contributed by atoms with E-state index in [-0.39, 0.29) is 17.6 Å². The first-order chi connectivity index (χ1) is 9.01. The van der Waals surface area contributed by atoms with Crippen LogP contribution in [0.3, 0.4) is 0 Å². The molecule has 0 aliphatic rings. The lowest BCUT2D eigenvalue weighted by atomic mass is 10.2. The first-order valence-electron chi connectivity index (χ1n) is 6.04. The summed E-state index contributed by atoms with van der Waals surface area (Å²) >= 11 is 5.88. The average Bonchev–Trinajstić information content (AvgIpc) is 2.42. The quantitative estimate of drug-likeness (QED) is 0.612. The number of ether oxygens (including phenoxy) is 1. The van der Waals surface area contributed by atoms with Crippen molar-refractivity contribution in [2.24, 2.45) is 0 Å². The van der Waals surface area contributed by atoms with Gasteiger partial charge in [0.25, 0.3) is 5.91 Å². The van der Waals surface area contributed by atoms with Crippen LogP contribution in [0.2, 0.25) is 5.15 Å². The number of carbonyl (C=O) groups is 2. The van der Waals surface area contributed by atoms with Gasteiger partial charge in [0.2, 0.25) is 0 Å². The molecule has 0 fully saturated rings. The van der Waals surface area contributed by atoms with Crippen molar-refractivity contribution in [2.75, 3.05) is 20.2 Å². The smallest absolute Gasteiger partial charge is 0.325 e. The Kier molecular flexibility index (Phi) is 5.76. The van der Waals surface area contributed by atoms with Crippen molar-refractivity contribution in [2.45, 2.75) is 20.3 Å². The summed E-state index contributed by atoms with van der Waals surface area (Å²) in [7, 11) is 1.29. The third kappa shape index (κ3) is 4.21. The minimum atomic E-state index is -0.453. The van der Waals surface area contributed by atoms with Crippen LogP contribution in [0.5, 0.6) is 0 Å². The normalized spacial score (nSPS) is 10.1. The van der Waals surface area contributed by atoms with Crippen molar-refractivity contribution in [3.63, 3.8) is 0 Å². The van der Waals surface area contributed by atoms with Gasteiger partial charge < -0.3 is 9.64 Å². The average molecular weight is 285 g/mol. The second-order valence-electron chi connectivity index (χ2n) is 3.92. The van der Waals surface area contributed by atoms with Crippen molar-refractivity contribution in [3.05, 3.63) is 28.5 Å². The summed E-state index contributed by atoms with van der Waals surface area (Å²) in [5, 5.41) is 0.275. The molecular weight excluding hydrogens is 268 g/mol. The highest BCUT2D eigenvalue weighted by Gasteiger charge is 2.18. The Hall–Kier alpha value is -1.62. The van der Waals surface area contributed by atoms with Crippen LogP contribution >= 0.6 is 11.6 Å².